The Morgan fingerprint density at radius 1 is 0.852 bits per heavy atom. The minimum absolute atomic E-state index is 0.0565. The molecule has 0 spiro atoms. The van der Waals surface area contributed by atoms with Crippen LogP contribution in [0.15, 0.2) is 61.2 Å². The van der Waals surface area contributed by atoms with Crippen molar-refractivity contribution in [1.82, 2.24) is 0 Å². The number of benzene rings is 2. The van der Waals surface area contributed by atoms with E-state index in [0.717, 1.165) is 16.9 Å². The summed E-state index contributed by atoms with van der Waals surface area (Å²) < 4.78 is 11.3. The van der Waals surface area contributed by atoms with Crippen LogP contribution in [0.2, 0.25) is 0 Å². The molecule has 0 aliphatic rings. The Morgan fingerprint density at radius 3 is 1.67 bits per heavy atom. The Morgan fingerprint density at radius 2 is 1.30 bits per heavy atom. The molecule has 0 aliphatic heterocycles. The van der Waals surface area contributed by atoms with Crippen LogP contribution in [0.5, 0.6) is 11.5 Å². The maximum Gasteiger partial charge on any atom is 0.316 e. The molecule has 0 saturated heterocycles. The number of hydrogen-bond acceptors (Lipinski definition) is 3. The van der Waals surface area contributed by atoms with Crippen LogP contribution in [0.1, 0.15) is 58.6 Å². The number of allylic oxidation sites excluding steroid dienone is 1. The zero-order valence-electron chi connectivity index (χ0n) is 17.2. The zero-order valence-corrected chi connectivity index (χ0v) is 17.2. The molecule has 0 aliphatic carbocycles. The third kappa shape index (κ3) is 5.99. The minimum Gasteiger partial charge on any atom is -0.488 e. The molecule has 1 atom stereocenters. The van der Waals surface area contributed by atoms with Crippen LogP contribution in [0.25, 0.3) is 0 Å². The van der Waals surface area contributed by atoms with E-state index in [1.54, 1.807) is 0 Å². The molecular formula is C24H30O3. The lowest BCUT2D eigenvalue weighted by atomic mass is 9.91. The highest BCUT2D eigenvalue weighted by molar-refractivity contribution is 5.77. The topological polar surface area (TPSA) is 35.5 Å². The van der Waals surface area contributed by atoms with E-state index in [0.29, 0.717) is 5.75 Å². The van der Waals surface area contributed by atoms with Crippen molar-refractivity contribution >= 4 is 5.97 Å². The molecule has 0 radical (unpaired) electrons. The van der Waals surface area contributed by atoms with Gasteiger partial charge in [-0.3, -0.25) is 4.79 Å². The molecule has 1 unspecified atom stereocenters. The van der Waals surface area contributed by atoms with Gasteiger partial charge in [-0.1, -0.05) is 30.3 Å². The van der Waals surface area contributed by atoms with E-state index in [2.05, 4.69) is 18.7 Å². The quantitative estimate of drug-likeness (QED) is 0.362. The first-order valence-corrected chi connectivity index (χ1v) is 9.23. The van der Waals surface area contributed by atoms with E-state index in [-0.39, 0.29) is 17.5 Å². The first kappa shape index (κ1) is 20.8. The fourth-order valence-electron chi connectivity index (χ4n) is 2.56. The van der Waals surface area contributed by atoms with E-state index in [9.17, 15) is 4.79 Å². The average Bonchev–Trinajstić information content (AvgIpc) is 2.56. The highest BCUT2D eigenvalue weighted by Crippen LogP contribution is 2.30. The van der Waals surface area contributed by atoms with E-state index in [1.165, 1.54) is 0 Å². The van der Waals surface area contributed by atoms with Crippen molar-refractivity contribution in [1.29, 1.82) is 0 Å². The fourth-order valence-corrected chi connectivity index (χ4v) is 2.56. The number of rotatable bonds is 5. The van der Waals surface area contributed by atoms with E-state index in [4.69, 9.17) is 9.47 Å². The SMILES string of the molecule is C=CC(c1ccc(OC(=O)C(C)(C)C)cc1)c1ccc(OC(C)(C)C)cc1. The van der Waals surface area contributed by atoms with Crippen molar-refractivity contribution in [3.8, 4) is 11.5 Å². The molecule has 2 aromatic rings. The van der Waals surface area contributed by atoms with Gasteiger partial charge >= 0.3 is 5.97 Å². The van der Waals surface area contributed by atoms with Crippen molar-refractivity contribution in [3.63, 3.8) is 0 Å². The number of carbonyl (C=O) groups excluding carboxylic acids is 1. The molecule has 144 valence electrons. The van der Waals surface area contributed by atoms with Crippen LogP contribution in [0.4, 0.5) is 0 Å². The van der Waals surface area contributed by atoms with Gasteiger partial charge in [0.05, 0.1) is 5.41 Å². The summed E-state index contributed by atoms with van der Waals surface area (Å²) in [6.45, 7) is 15.6. The standard InChI is InChI=1S/C24H30O3/c1-8-21(18-11-15-20(16-12-18)27-24(5,6)7)17-9-13-19(14-10-17)26-22(25)23(2,3)4/h8-16,21H,1H2,2-7H3. The number of ether oxygens (including phenoxy) is 2. The third-order valence-electron chi connectivity index (χ3n) is 3.96. The molecule has 2 rings (SSSR count). The van der Waals surface area contributed by atoms with Gasteiger partial charge in [0.15, 0.2) is 0 Å². The predicted octanol–water partition coefficient (Wildman–Crippen LogP) is 6.13. The number of hydrogen-bond donors (Lipinski definition) is 0. The van der Waals surface area contributed by atoms with Crippen LogP contribution in [-0.4, -0.2) is 11.6 Å². The van der Waals surface area contributed by atoms with E-state index in [1.807, 2.05) is 84.0 Å². The molecule has 3 nitrogen and oxygen atoms in total. The van der Waals surface area contributed by atoms with Gasteiger partial charge in [0.2, 0.25) is 0 Å². The summed E-state index contributed by atoms with van der Waals surface area (Å²) in [7, 11) is 0. The van der Waals surface area contributed by atoms with Gasteiger partial charge in [0.1, 0.15) is 17.1 Å². The molecule has 2 aromatic carbocycles. The van der Waals surface area contributed by atoms with Gasteiger partial charge < -0.3 is 9.47 Å². The summed E-state index contributed by atoms with van der Waals surface area (Å²) in [4.78, 5) is 12.0. The maximum absolute atomic E-state index is 12.0. The lowest BCUT2D eigenvalue weighted by molar-refractivity contribution is -0.142. The molecular weight excluding hydrogens is 336 g/mol. The fraction of sp³-hybridized carbons (Fsp3) is 0.375. The summed E-state index contributed by atoms with van der Waals surface area (Å²) >= 11 is 0. The van der Waals surface area contributed by atoms with Crippen LogP contribution < -0.4 is 9.47 Å². The largest absolute Gasteiger partial charge is 0.488 e. The van der Waals surface area contributed by atoms with Crippen molar-refractivity contribution in [2.24, 2.45) is 5.41 Å². The summed E-state index contributed by atoms with van der Waals surface area (Å²) in [6, 6.07) is 15.7. The van der Waals surface area contributed by atoms with Crippen molar-refractivity contribution in [2.75, 3.05) is 0 Å². The Hall–Kier alpha value is -2.55. The van der Waals surface area contributed by atoms with E-state index >= 15 is 0 Å². The highest BCUT2D eigenvalue weighted by Gasteiger charge is 2.23. The van der Waals surface area contributed by atoms with Crippen LogP contribution in [0.3, 0.4) is 0 Å². The first-order valence-electron chi connectivity index (χ1n) is 9.23. The maximum atomic E-state index is 12.0. The van der Waals surface area contributed by atoms with Gasteiger partial charge in [-0.2, -0.15) is 0 Å². The lowest BCUT2D eigenvalue weighted by Gasteiger charge is -2.22. The van der Waals surface area contributed by atoms with Gasteiger partial charge in [-0.05, 0) is 76.9 Å². The second-order valence-electron chi connectivity index (χ2n) is 8.71. The summed E-state index contributed by atoms with van der Waals surface area (Å²) in [5, 5.41) is 0. The van der Waals surface area contributed by atoms with Crippen molar-refractivity contribution in [2.45, 2.75) is 53.1 Å². The minimum atomic E-state index is -0.529. The van der Waals surface area contributed by atoms with Gasteiger partial charge in [-0.25, -0.2) is 0 Å². The Labute approximate surface area is 163 Å². The smallest absolute Gasteiger partial charge is 0.316 e. The van der Waals surface area contributed by atoms with Crippen molar-refractivity contribution < 1.29 is 14.3 Å². The second kappa shape index (κ2) is 7.99. The third-order valence-corrected chi connectivity index (χ3v) is 3.96. The van der Waals surface area contributed by atoms with Crippen molar-refractivity contribution in [3.05, 3.63) is 72.3 Å². The molecule has 0 amide bonds. The Bertz CT molecular complexity index is 772. The first-order chi connectivity index (χ1) is 12.5. The van der Waals surface area contributed by atoms with Gasteiger partial charge in [-0.15, -0.1) is 6.58 Å². The van der Waals surface area contributed by atoms with Gasteiger partial charge in [0, 0.05) is 5.92 Å². The molecule has 0 bridgehead atoms. The van der Waals surface area contributed by atoms with Crippen LogP contribution >= 0.6 is 0 Å². The highest BCUT2D eigenvalue weighted by atomic mass is 16.5. The normalized spacial score (nSPS) is 13.0. The molecule has 0 aromatic heterocycles. The zero-order chi connectivity index (χ0) is 20.2. The molecule has 0 saturated carbocycles. The summed E-state index contributed by atoms with van der Waals surface area (Å²) in [5.74, 6) is 1.21. The van der Waals surface area contributed by atoms with E-state index < -0.39 is 5.41 Å². The number of esters is 1. The molecule has 0 fully saturated rings. The molecule has 0 heterocycles. The van der Waals surface area contributed by atoms with Crippen LogP contribution in [-0.2, 0) is 4.79 Å². The van der Waals surface area contributed by atoms with Crippen LogP contribution in [0, 0.1) is 5.41 Å². The molecule has 0 N–H and O–H groups in total. The number of carbonyl (C=O) groups is 1. The predicted molar refractivity (Wildman–Crippen MR) is 110 cm³/mol. The molecule has 3 heteroatoms. The average molecular weight is 367 g/mol. The Kier molecular flexibility index (Phi) is 6.15. The van der Waals surface area contributed by atoms with Gasteiger partial charge in [0.25, 0.3) is 0 Å². The lowest BCUT2D eigenvalue weighted by Crippen LogP contribution is -2.25. The Balaban J connectivity index is 2.15. The summed E-state index contributed by atoms with van der Waals surface area (Å²) in [6.07, 6.45) is 1.91. The molecule has 27 heavy (non-hydrogen) atoms. The summed E-state index contributed by atoms with van der Waals surface area (Å²) in [5.41, 5.74) is 1.47. The monoisotopic (exact) mass is 366 g/mol. The second-order valence-corrected chi connectivity index (χ2v) is 8.71.